The van der Waals surface area contributed by atoms with Gasteiger partial charge in [-0.25, -0.2) is 10.0 Å². The number of nitroso groups, excluding NO2 is 2. The number of anilines is 2. The summed E-state index contributed by atoms with van der Waals surface area (Å²) in [7, 11) is 0. The summed E-state index contributed by atoms with van der Waals surface area (Å²) in [6, 6.07) is 15.2. The van der Waals surface area contributed by atoms with Gasteiger partial charge in [-0.1, -0.05) is 24.3 Å². The number of hydrogen-bond donors (Lipinski definition) is 0. The van der Waals surface area contributed by atoms with Crippen LogP contribution in [0.25, 0.3) is 11.1 Å². The van der Waals surface area contributed by atoms with Gasteiger partial charge in [0.15, 0.2) is 0 Å². The van der Waals surface area contributed by atoms with Gasteiger partial charge in [0.1, 0.15) is 0 Å². The van der Waals surface area contributed by atoms with Gasteiger partial charge in [0, 0.05) is 13.1 Å². The van der Waals surface area contributed by atoms with Gasteiger partial charge >= 0.3 is 0 Å². The smallest absolute Gasteiger partial charge is 0.0626 e. The molecule has 22 heavy (non-hydrogen) atoms. The molecule has 0 spiro atoms. The van der Waals surface area contributed by atoms with E-state index in [1.807, 2.05) is 62.4 Å². The lowest BCUT2D eigenvalue weighted by atomic mass is 10.0. The maximum Gasteiger partial charge on any atom is 0.0626 e. The second kappa shape index (κ2) is 7.31. The predicted molar refractivity (Wildman–Crippen MR) is 89.5 cm³/mol. The van der Waals surface area contributed by atoms with E-state index in [4.69, 9.17) is 0 Å². The number of nitrogens with zero attached hydrogens (tertiary/aromatic N) is 4. The zero-order chi connectivity index (χ0) is 15.9. The Morgan fingerprint density at radius 3 is 1.23 bits per heavy atom. The second-order valence-electron chi connectivity index (χ2n) is 4.69. The number of hydrogen-bond acceptors (Lipinski definition) is 4. The second-order valence-corrected chi connectivity index (χ2v) is 4.69. The van der Waals surface area contributed by atoms with E-state index in [0.29, 0.717) is 13.1 Å². The molecule has 0 heterocycles. The van der Waals surface area contributed by atoms with E-state index >= 15 is 0 Å². The van der Waals surface area contributed by atoms with E-state index < -0.39 is 0 Å². The minimum Gasteiger partial charge on any atom is -0.230 e. The fraction of sp³-hybridized carbons (Fsp3) is 0.250. The molecule has 0 aliphatic heterocycles. The van der Waals surface area contributed by atoms with Crippen LogP contribution in [0.1, 0.15) is 13.8 Å². The molecular weight excluding hydrogens is 280 g/mol. The largest absolute Gasteiger partial charge is 0.230 e. The molecule has 0 unspecified atom stereocenters. The van der Waals surface area contributed by atoms with Crippen molar-refractivity contribution < 1.29 is 0 Å². The van der Waals surface area contributed by atoms with Crippen LogP contribution < -0.4 is 10.0 Å². The fourth-order valence-electron chi connectivity index (χ4n) is 2.23. The SMILES string of the molecule is CCN(N=O)c1ccc(-c2ccc(N(CC)N=O)cc2)cc1. The van der Waals surface area contributed by atoms with Crippen LogP contribution in [0.15, 0.2) is 59.1 Å². The van der Waals surface area contributed by atoms with Crippen molar-refractivity contribution >= 4 is 11.4 Å². The van der Waals surface area contributed by atoms with Crippen molar-refractivity contribution in [3.05, 3.63) is 58.3 Å². The van der Waals surface area contributed by atoms with Gasteiger partial charge in [-0.05, 0) is 49.2 Å². The lowest BCUT2D eigenvalue weighted by molar-refractivity contribution is 0.884. The minimum absolute atomic E-state index is 0.531. The van der Waals surface area contributed by atoms with Crippen LogP contribution in [0.5, 0.6) is 0 Å². The zero-order valence-electron chi connectivity index (χ0n) is 12.6. The third-order valence-electron chi connectivity index (χ3n) is 3.46. The Morgan fingerprint density at radius 1 is 0.682 bits per heavy atom. The van der Waals surface area contributed by atoms with E-state index in [9.17, 15) is 9.81 Å². The van der Waals surface area contributed by atoms with Gasteiger partial charge in [-0.15, -0.1) is 9.81 Å². The van der Waals surface area contributed by atoms with E-state index in [2.05, 4.69) is 10.6 Å². The molecule has 2 aromatic rings. The summed E-state index contributed by atoms with van der Waals surface area (Å²) >= 11 is 0. The maximum absolute atomic E-state index is 10.7. The standard InChI is InChI=1S/C16H18N4O2/c1-3-19(17-21)15-9-5-13(6-10-15)14-7-11-16(12-8-14)20(4-2)18-22/h5-12H,3-4H2,1-2H3. The minimum atomic E-state index is 0.531. The quantitative estimate of drug-likeness (QED) is 0.562. The summed E-state index contributed by atoms with van der Waals surface area (Å²) in [5.41, 5.74) is 3.58. The maximum atomic E-state index is 10.7. The summed E-state index contributed by atoms with van der Waals surface area (Å²) < 4.78 is 0. The molecule has 0 aliphatic carbocycles. The van der Waals surface area contributed by atoms with Crippen LogP contribution in [0.2, 0.25) is 0 Å². The molecule has 0 atom stereocenters. The molecule has 0 radical (unpaired) electrons. The Morgan fingerprint density at radius 2 is 1.00 bits per heavy atom. The van der Waals surface area contributed by atoms with Gasteiger partial charge in [-0.2, -0.15) is 0 Å². The Bertz CT molecular complexity index is 568. The highest BCUT2D eigenvalue weighted by molar-refractivity contribution is 5.68. The monoisotopic (exact) mass is 298 g/mol. The van der Waals surface area contributed by atoms with Crippen LogP contribution in [0.3, 0.4) is 0 Å². The lowest BCUT2D eigenvalue weighted by Gasteiger charge is -2.14. The molecule has 0 saturated heterocycles. The molecule has 6 heteroatoms. The molecule has 0 aromatic heterocycles. The molecule has 2 rings (SSSR count). The molecular formula is C16H18N4O2. The Kier molecular flexibility index (Phi) is 5.19. The first kappa shape index (κ1) is 15.6. The van der Waals surface area contributed by atoms with E-state index in [1.54, 1.807) is 0 Å². The highest BCUT2D eigenvalue weighted by atomic mass is 16.3. The molecule has 6 nitrogen and oxygen atoms in total. The first-order valence-electron chi connectivity index (χ1n) is 7.15. The van der Waals surface area contributed by atoms with Crippen molar-refractivity contribution in [2.24, 2.45) is 10.6 Å². The molecule has 0 fully saturated rings. The lowest BCUT2D eigenvalue weighted by Crippen LogP contribution is -2.13. The number of benzene rings is 2. The third kappa shape index (κ3) is 3.28. The third-order valence-corrected chi connectivity index (χ3v) is 3.46. The first-order valence-corrected chi connectivity index (χ1v) is 7.15. The van der Waals surface area contributed by atoms with Crippen LogP contribution in [-0.2, 0) is 0 Å². The summed E-state index contributed by atoms with van der Waals surface area (Å²) in [6.45, 7) is 4.80. The molecule has 0 N–H and O–H groups in total. The summed E-state index contributed by atoms with van der Waals surface area (Å²) in [5.74, 6) is 0. The van der Waals surface area contributed by atoms with Gasteiger partial charge in [0.25, 0.3) is 0 Å². The highest BCUT2D eigenvalue weighted by Crippen LogP contribution is 2.25. The zero-order valence-corrected chi connectivity index (χ0v) is 12.6. The van der Waals surface area contributed by atoms with Crippen molar-refractivity contribution in [1.82, 2.24) is 0 Å². The van der Waals surface area contributed by atoms with Crippen molar-refractivity contribution in [2.45, 2.75) is 13.8 Å². The van der Waals surface area contributed by atoms with Gasteiger partial charge < -0.3 is 0 Å². The van der Waals surface area contributed by atoms with Crippen LogP contribution in [0, 0.1) is 9.81 Å². The molecule has 0 saturated carbocycles. The molecule has 0 bridgehead atoms. The van der Waals surface area contributed by atoms with E-state index in [1.165, 1.54) is 10.0 Å². The fourth-order valence-corrected chi connectivity index (χ4v) is 2.23. The highest BCUT2D eigenvalue weighted by Gasteiger charge is 2.06. The average Bonchev–Trinajstić information content (AvgIpc) is 2.58. The number of rotatable bonds is 7. The van der Waals surface area contributed by atoms with Crippen LogP contribution in [-0.4, -0.2) is 13.1 Å². The van der Waals surface area contributed by atoms with Crippen LogP contribution >= 0.6 is 0 Å². The van der Waals surface area contributed by atoms with Crippen molar-refractivity contribution in [3.63, 3.8) is 0 Å². The normalized spacial score (nSPS) is 10.1. The van der Waals surface area contributed by atoms with Crippen LogP contribution in [0.4, 0.5) is 11.4 Å². The topological polar surface area (TPSA) is 65.3 Å². The van der Waals surface area contributed by atoms with Gasteiger partial charge in [0.2, 0.25) is 0 Å². The van der Waals surface area contributed by atoms with Gasteiger partial charge in [-0.3, -0.25) is 0 Å². The Hall–Kier alpha value is -2.76. The van der Waals surface area contributed by atoms with Gasteiger partial charge in [0.05, 0.1) is 21.9 Å². The molecule has 2 aromatic carbocycles. The Balaban J connectivity index is 2.21. The predicted octanol–water partition coefficient (Wildman–Crippen LogP) is 4.37. The van der Waals surface area contributed by atoms with Crippen molar-refractivity contribution in [1.29, 1.82) is 0 Å². The summed E-state index contributed by atoms with van der Waals surface area (Å²) in [5, 5.41) is 8.71. The Labute approximate surface area is 129 Å². The molecule has 114 valence electrons. The van der Waals surface area contributed by atoms with Crippen molar-refractivity contribution in [3.8, 4) is 11.1 Å². The summed E-state index contributed by atoms with van der Waals surface area (Å²) in [6.07, 6.45) is 0. The first-order chi connectivity index (χ1) is 10.7. The van der Waals surface area contributed by atoms with E-state index in [0.717, 1.165) is 22.5 Å². The molecule has 0 aliphatic rings. The van der Waals surface area contributed by atoms with Crippen molar-refractivity contribution in [2.75, 3.05) is 23.1 Å². The van der Waals surface area contributed by atoms with E-state index in [-0.39, 0.29) is 0 Å². The molecule has 0 amide bonds. The summed E-state index contributed by atoms with van der Waals surface area (Å²) in [4.78, 5) is 21.4. The average molecular weight is 298 g/mol.